The van der Waals surface area contributed by atoms with Gasteiger partial charge in [-0.2, -0.15) is 0 Å². The molecule has 0 rings (SSSR count). The first-order valence-electron chi connectivity index (χ1n) is 7.93. The molecule has 0 aliphatic heterocycles. The highest BCUT2D eigenvalue weighted by Crippen LogP contribution is 2.22. The zero-order valence-electron chi connectivity index (χ0n) is 14.4. The van der Waals surface area contributed by atoms with Gasteiger partial charge in [0, 0.05) is 19.1 Å². The van der Waals surface area contributed by atoms with E-state index in [4.69, 9.17) is 0 Å². The molecule has 0 spiro atoms. The first kappa shape index (κ1) is 18.9. The van der Waals surface area contributed by atoms with Crippen molar-refractivity contribution in [3.63, 3.8) is 0 Å². The Kier molecular flexibility index (Phi) is 9.67. The van der Waals surface area contributed by atoms with Crippen LogP contribution in [0.15, 0.2) is 0 Å². The molecule has 0 aromatic rings. The molecule has 1 unspecified atom stereocenters. The molecule has 0 amide bonds. The van der Waals surface area contributed by atoms with Gasteiger partial charge in [0.25, 0.3) is 0 Å². The second-order valence-corrected chi connectivity index (χ2v) is 6.73. The minimum Gasteiger partial charge on any atom is -0.314 e. The van der Waals surface area contributed by atoms with Crippen LogP contribution in [0.25, 0.3) is 0 Å². The summed E-state index contributed by atoms with van der Waals surface area (Å²) in [4.78, 5) is 4.88. The Bertz CT molecular complexity index is 216. The molecule has 0 bridgehead atoms. The second-order valence-electron chi connectivity index (χ2n) is 6.73. The van der Waals surface area contributed by atoms with E-state index in [1.54, 1.807) is 0 Å². The van der Waals surface area contributed by atoms with Crippen LogP contribution in [-0.2, 0) is 0 Å². The third-order valence-electron chi connectivity index (χ3n) is 3.92. The maximum Gasteiger partial charge on any atom is 0.00473 e. The van der Waals surface area contributed by atoms with Crippen molar-refractivity contribution < 1.29 is 0 Å². The summed E-state index contributed by atoms with van der Waals surface area (Å²) in [6.07, 6.45) is 2.50. The molecular formula is C16H37N3. The lowest BCUT2D eigenvalue weighted by Crippen LogP contribution is -2.44. The summed E-state index contributed by atoms with van der Waals surface area (Å²) in [5.41, 5.74) is 0.387. The molecular weight excluding hydrogens is 234 g/mol. The van der Waals surface area contributed by atoms with Crippen molar-refractivity contribution in [3.05, 3.63) is 0 Å². The van der Waals surface area contributed by atoms with E-state index >= 15 is 0 Å². The molecule has 1 N–H and O–H groups in total. The maximum atomic E-state index is 3.61. The van der Waals surface area contributed by atoms with Crippen LogP contribution >= 0.6 is 0 Å². The van der Waals surface area contributed by atoms with Crippen molar-refractivity contribution >= 4 is 0 Å². The largest absolute Gasteiger partial charge is 0.314 e. The van der Waals surface area contributed by atoms with Crippen molar-refractivity contribution in [1.29, 1.82) is 0 Å². The molecule has 116 valence electrons. The summed E-state index contributed by atoms with van der Waals surface area (Å²) in [6.45, 7) is 17.3. The minimum absolute atomic E-state index is 0.387. The molecule has 0 saturated heterocycles. The van der Waals surface area contributed by atoms with Crippen molar-refractivity contribution in [3.8, 4) is 0 Å². The van der Waals surface area contributed by atoms with Crippen LogP contribution in [0.1, 0.15) is 47.5 Å². The number of hydrogen-bond donors (Lipinski definition) is 1. The standard InChI is InChI=1S/C16H37N3/c1-8-16(5,13-17-15(3)4)14-19(9-2)12-10-11-18(6)7/h15,17H,8-14H2,1-7H3. The monoisotopic (exact) mass is 271 g/mol. The highest BCUT2D eigenvalue weighted by Gasteiger charge is 2.24. The van der Waals surface area contributed by atoms with Gasteiger partial charge in [0.1, 0.15) is 0 Å². The molecule has 0 aromatic carbocycles. The number of nitrogens with one attached hydrogen (secondary N) is 1. The summed E-state index contributed by atoms with van der Waals surface area (Å²) in [5, 5.41) is 3.61. The summed E-state index contributed by atoms with van der Waals surface area (Å²) >= 11 is 0. The minimum atomic E-state index is 0.387. The number of nitrogens with zero attached hydrogens (tertiary/aromatic N) is 2. The molecule has 3 nitrogen and oxygen atoms in total. The number of hydrogen-bond acceptors (Lipinski definition) is 3. The van der Waals surface area contributed by atoms with Gasteiger partial charge in [0.2, 0.25) is 0 Å². The second kappa shape index (κ2) is 9.73. The van der Waals surface area contributed by atoms with Gasteiger partial charge in [0.05, 0.1) is 0 Å². The van der Waals surface area contributed by atoms with Crippen molar-refractivity contribution in [2.75, 3.05) is 46.8 Å². The molecule has 19 heavy (non-hydrogen) atoms. The summed E-state index contributed by atoms with van der Waals surface area (Å²) in [6, 6.07) is 0.578. The fraction of sp³-hybridized carbons (Fsp3) is 1.00. The van der Waals surface area contributed by atoms with Crippen LogP contribution in [0, 0.1) is 5.41 Å². The molecule has 0 heterocycles. The first-order chi connectivity index (χ1) is 8.83. The van der Waals surface area contributed by atoms with E-state index in [2.05, 4.69) is 63.8 Å². The fourth-order valence-electron chi connectivity index (χ4n) is 2.24. The SMILES string of the molecule is CCN(CCCN(C)C)CC(C)(CC)CNC(C)C. The van der Waals surface area contributed by atoms with Crippen molar-refractivity contribution in [2.24, 2.45) is 5.41 Å². The lowest BCUT2D eigenvalue weighted by Gasteiger charge is -2.35. The van der Waals surface area contributed by atoms with E-state index in [0.29, 0.717) is 11.5 Å². The Hall–Kier alpha value is -0.120. The highest BCUT2D eigenvalue weighted by molar-refractivity contribution is 4.80. The average Bonchev–Trinajstić information content (AvgIpc) is 2.35. The fourth-order valence-corrected chi connectivity index (χ4v) is 2.24. The Labute approximate surface area is 121 Å². The molecule has 0 aromatic heterocycles. The lowest BCUT2D eigenvalue weighted by molar-refractivity contribution is 0.153. The van der Waals surface area contributed by atoms with Crippen LogP contribution < -0.4 is 5.32 Å². The Morgan fingerprint density at radius 3 is 2.16 bits per heavy atom. The van der Waals surface area contributed by atoms with Gasteiger partial charge in [0.15, 0.2) is 0 Å². The third-order valence-corrected chi connectivity index (χ3v) is 3.92. The van der Waals surface area contributed by atoms with E-state index in [9.17, 15) is 0 Å². The zero-order chi connectivity index (χ0) is 14.9. The van der Waals surface area contributed by atoms with Crippen LogP contribution in [0.4, 0.5) is 0 Å². The Morgan fingerprint density at radius 2 is 1.74 bits per heavy atom. The van der Waals surface area contributed by atoms with E-state index in [0.717, 1.165) is 13.1 Å². The average molecular weight is 271 g/mol. The molecule has 3 heteroatoms. The Morgan fingerprint density at radius 1 is 1.11 bits per heavy atom. The highest BCUT2D eigenvalue weighted by atomic mass is 15.1. The third kappa shape index (κ3) is 9.42. The van der Waals surface area contributed by atoms with Crippen LogP contribution in [0.5, 0.6) is 0 Å². The summed E-state index contributed by atoms with van der Waals surface area (Å²) in [5.74, 6) is 0. The smallest absolute Gasteiger partial charge is 0.00473 e. The summed E-state index contributed by atoms with van der Waals surface area (Å²) in [7, 11) is 4.30. The molecule has 0 fully saturated rings. The topological polar surface area (TPSA) is 18.5 Å². The van der Waals surface area contributed by atoms with Gasteiger partial charge >= 0.3 is 0 Å². The van der Waals surface area contributed by atoms with Crippen molar-refractivity contribution in [1.82, 2.24) is 15.1 Å². The molecule has 0 aliphatic carbocycles. The van der Waals surface area contributed by atoms with Gasteiger partial charge in [-0.25, -0.2) is 0 Å². The maximum absolute atomic E-state index is 3.61. The van der Waals surface area contributed by atoms with E-state index in [-0.39, 0.29) is 0 Å². The molecule has 0 radical (unpaired) electrons. The van der Waals surface area contributed by atoms with Crippen LogP contribution in [0.2, 0.25) is 0 Å². The predicted molar refractivity (Wildman–Crippen MR) is 86.8 cm³/mol. The van der Waals surface area contributed by atoms with Crippen molar-refractivity contribution in [2.45, 2.75) is 53.5 Å². The lowest BCUT2D eigenvalue weighted by atomic mass is 9.86. The first-order valence-corrected chi connectivity index (χ1v) is 7.93. The van der Waals surface area contributed by atoms with E-state index < -0.39 is 0 Å². The normalized spacial score (nSPS) is 15.5. The van der Waals surface area contributed by atoms with Gasteiger partial charge in [-0.1, -0.05) is 34.6 Å². The molecule has 0 saturated carbocycles. The molecule has 1 atom stereocenters. The molecule has 0 aliphatic rings. The Balaban J connectivity index is 4.21. The summed E-state index contributed by atoms with van der Waals surface area (Å²) < 4.78 is 0. The van der Waals surface area contributed by atoms with Gasteiger partial charge in [-0.3, -0.25) is 0 Å². The van der Waals surface area contributed by atoms with E-state index in [1.165, 1.54) is 32.5 Å². The predicted octanol–water partition coefficient (Wildman–Crippen LogP) is 2.67. The van der Waals surface area contributed by atoms with Gasteiger partial charge in [-0.15, -0.1) is 0 Å². The van der Waals surface area contributed by atoms with Crippen LogP contribution in [0.3, 0.4) is 0 Å². The van der Waals surface area contributed by atoms with Gasteiger partial charge in [-0.05, 0) is 52.0 Å². The van der Waals surface area contributed by atoms with Crippen LogP contribution in [-0.4, -0.2) is 62.7 Å². The van der Waals surface area contributed by atoms with E-state index in [1.807, 2.05) is 0 Å². The quantitative estimate of drug-likeness (QED) is 0.623. The number of rotatable bonds is 11. The zero-order valence-corrected chi connectivity index (χ0v) is 14.4. The van der Waals surface area contributed by atoms with Gasteiger partial charge < -0.3 is 15.1 Å².